The summed E-state index contributed by atoms with van der Waals surface area (Å²) >= 11 is 0. The van der Waals surface area contributed by atoms with Crippen LogP contribution in [0.1, 0.15) is 39.0 Å². The minimum Gasteiger partial charge on any atom is -0.389 e. The van der Waals surface area contributed by atoms with Gasteiger partial charge >= 0.3 is 0 Å². The van der Waals surface area contributed by atoms with Crippen molar-refractivity contribution in [1.29, 1.82) is 0 Å². The van der Waals surface area contributed by atoms with Gasteiger partial charge in [-0.25, -0.2) is 0 Å². The van der Waals surface area contributed by atoms with E-state index in [0.717, 1.165) is 51.4 Å². The first kappa shape index (κ1) is 11.4. The van der Waals surface area contributed by atoms with Crippen LogP contribution in [0.25, 0.3) is 0 Å². The van der Waals surface area contributed by atoms with Crippen LogP contribution in [0.5, 0.6) is 0 Å². The van der Waals surface area contributed by atoms with Crippen LogP contribution in [-0.2, 0) is 4.74 Å². The molecule has 0 amide bonds. The zero-order chi connectivity index (χ0) is 10.7. The minimum atomic E-state index is -0.389. The normalized spacial score (nSPS) is 28.4. The van der Waals surface area contributed by atoms with Gasteiger partial charge in [-0.1, -0.05) is 0 Å². The van der Waals surface area contributed by atoms with E-state index in [1.165, 1.54) is 6.42 Å². The molecule has 1 aliphatic heterocycles. The fraction of sp³-hybridized carbons (Fsp3) is 1.00. The number of rotatable bonds is 4. The molecule has 0 radical (unpaired) electrons. The predicted octanol–water partition coefficient (Wildman–Crippen LogP) is 1.31. The van der Waals surface area contributed by atoms with E-state index in [-0.39, 0.29) is 5.60 Å². The second-order valence-electron chi connectivity index (χ2n) is 5.20. The van der Waals surface area contributed by atoms with Crippen molar-refractivity contribution in [3.63, 3.8) is 0 Å². The van der Waals surface area contributed by atoms with Gasteiger partial charge in [0, 0.05) is 25.8 Å². The van der Waals surface area contributed by atoms with Crippen molar-refractivity contribution >= 4 is 0 Å². The van der Waals surface area contributed by atoms with Gasteiger partial charge in [0.15, 0.2) is 0 Å². The summed E-state index contributed by atoms with van der Waals surface area (Å²) in [5.41, 5.74) is -0.389. The number of hydrogen-bond acceptors (Lipinski definition) is 3. The van der Waals surface area contributed by atoms with Crippen molar-refractivity contribution in [1.82, 2.24) is 5.32 Å². The van der Waals surface area contributed by atoms with E-state index >= 15 is 0 Å². The van der Waals surface area contributed by atoms with E-state index < -0.39 is 0 Å². The number of nitrogens with one attached hydrogen (secondary N) is 1. The van der Waals surface area contributed by atoms with Gasteiger partial charge in [0.25, 0.3) is 0 Å². The molecule has 2 aliphatic rings. The summed E-state index contributed by atoms with van der Waals surface area (Å²) in [6.45, 7) is 4.81. The highest BCUT2D eigenvalue weighted by Gasteiger charge is 2.34. The van der Waals surface area contributed by atoms with Crippen molar-refractivity contribution in [2.24, 2.45) is 5.92 Å². The highest BCUT2D eigenvalue weighted by molar-refractivity contribution is 4.90. The molecular weight excluding hydrogens is 190 g/mol. The Morgan fingerprint density at radius 2 is 2.07 bits per heavy atom. The molecule has 1 aliphatic carbocycles. The van der Waals surface area contributed by atoms with Crippen LogP contribution in [0.2, 0.25) is 0 Å². The molecule has 3 heteroatoms. The van der Waals surface area contributed by atoms with Crippen LogP contribution in [0.15, 0.2) is 0 Å². The second kappa shape index (κ2) is 4.81. The molecule has 15 heavy (non-hydrogen) atoms. The maximum Gasteiger partial charge on any atom is 0.0771 e. The first-order valence-corrected chi connectivity index (χ1v) is 6.23. The molecule has 1 heterocycles. The van der Waals surface area contributed by atoms with Crippen molar-refractivity contribution in [2.45, 2.75) is 50.7 Å². The van der Waals surface area contributed by atoms with Crippen LogP contribution in [0, 0.1) is 5.92 Å². The molecule has 2 fully saturated rings. The van der Waals surface area contributed by atoms with Gasteiger partial charge in [-0.15, -0.1) is 0 Å². The third kappa shape index (κ3) is 2.92. The molecule has 3 nitrogen and oxygen atoms in total. The smallest absolute Gasteiger partial charge is 0.0771 e. The molecule has 0 aromatic heterocycles. The maximum atomic E-state index is 9.97. The maximum absolute atomic E-state index is 9.97. The second-order valence-corrected chi connectivity index (χ2v) is 5.20. The number of aliphatic hydroxyl groups is 1. The van der Waals surface area contributed by atoms with E-state index in [1.54, 1.807) is 0 Å². The number of hydrogen-bond donors (Lipinski definition) is 2. The number of ether oxygens (including phenoxy) is 1. The Morgan fingerprint density at radius 3 is 2.60 bits per heavy atom. The zero-order valence-electron chi connectivity index (χ0n) is 9.67. The van der Waals surface area contributed by atoms with Gasteiger partial charge < -0.3 is 15.2 Å². The summed E-state index contributed by atoms with van der Waals surface area (Å²) in [5, 5.41) is 13.5. The molecule has 0 spiro atoms. The Labute approximate surface area is 92.2 Å². The van der Waals surface area contributed by atoms with Crippen LogP contribution in [-0.4, -0.2) is 36.5 Å². The highest BCUT2D eigenvalue weighted by atomic mass is 16.5. The third-order valence-corrected chi connectivity index (χ3v) is 4.01. The van der Waals surface area contributed by atoms with Crippen molar-refractivity contribution < 1.29 is 9.84 Å². The molecule has 0 bridgehead atoms. The monoisotopic (exact) mass is 213 g/mol. The van der Waals surface area contributed by atoms with Gasteiger partial charge in [-0.05, 0) is 44.9 Å². The van der Waals surface area contributed by atoms with Gasteiger partial charge in [0.1, 0.15) is 0 Å². The van der Waals surface area contributed by atoms with E-state index in [9.17, 15) is 5.11 Å². The average molecular weight is 213 g/mol. The molecule has 0 aromatic rings. The summed E-state index contributed by atoms with van der Waals surface area (Å²) in [7, 11) is 0. The molecule has 1 saturated carbocycles. The molecular formula is C12H23NO2. The highest BCUT2D eigenvalue weighted by Crippen LogP contribution is 2.31. The molecule has 88 valence electrons. The minimum absolute atomic E-state index is 0.389. The summed E-state index contributed by atoms with van der Waals surface area (Å²) in [6, 6.07) is 0.513. The van der Waals surface area contributed by atoms with Crippen LogP contribution in [0.4, 0.5) is 0 Å². The van der Waals surface area contributed by atoms with Crippen molar-refractivity contribution in [3.05, 3.63) is 0 Å². The average Bonchev–Trinajstić information content (AvgIpc) is 2.24. The quantitative estimate of drug-likeness (QED) is 0.740. The summed E-state index contributed by atoms with van der Waals surface area (Å²) < 4.78 is 5.35. The Morgan fingerprint density at radius 1 is 1.40 bits per heavy atom. The van der Waals surface area contributed by atoms with Gasteiger partial charge in [0.2, 0.25) is 0 Å². The Hall–Kier alpha value is -0.120. The molecule has 1 unspecified atom stereocenters. The molecule has 0 aromatic carbocycles. The van der Waals surface area contributed by atoms with E-state index in [1.807, 2.05) is 0 Å². The molecule has 1 saturated heterocycles. The van der Waals surface area contributed by atoms with Crippen LogP contribution in [0.3, 0.4) is 0 Å². The SMILES string of the molecule is CC(NCC1(O)CCC1)C1CCOCC1. The fourth-order valence-corrected chi connectivity index (χ4v) is 2.50. The first-order valence-electron chi connectivity index (χ1n) is 6.23. The first-order chi connectivity index (χ1) is 7.20. The fourth-order valence-electron chi connectivity index (χ4n) is 2.50. The Balaban J connectivity index is 1.69. The van der Waals surface area contributed by atoms with Crippen LogP contribution >= 0.6 is 0 Å². The van der Waals surface area contributed by atoms with Gasteiger partial charge in [-0.3, -0.25) is 0 Å². The lowest BCUT2D eigenvalue weighted by Crippen LogP contribution is -2.50. The van der Waals surface area contributed by atoms with Gasteiger partial charge in [0.05, 0.1) is 5.60 Å². The zero-order valence-corrected chi connectivity index (χ0v) is 9.67. The van der Waals surface area contributed by atoms with Crippen molar-refractivity contribution in [3.8, 4) is 0 Å². The summed E-state index contributed by atoms with van der Waals surface area (Å²) in [4.78, 5) is 0. The third-order valence-electron chi connectivity index (χ3n) is 4.01. The van der Waals surface area contributed by atoms with Crippen LogP contribution < -0.4 is 5.32 Å². The van der Waals surface area contributed by atoms with Gasteiger partial charge in [-0.2, -0.15) is 0 Å². The van der Waals surface area contributed by atoms with Crippen molar-refractivity contribution in [2.75, 3.05) is 19.8 Å². The molecule has 2 rings (SSSR count). The lowest BCUT2D eigenvalue weighted by Gasteiger charge is -2.39. The summed E-state index contributed by atoms with van der Waals surface area (Å²) in [5.74, 6) is 0.724. The topological polar surface area (TPSA) is 41.5 Å². The standard InChI is InChI=1S/C12H23NO2/c1-10(11-3-7-15-8-4-11)13-9-12(14)5-2-6-12/h10-11,13-14H,2-9H2,1H3. The Bertz CT molecular complexity index is 198. The summed E-state index contributed by atoms with van der Waals surface area (Å²) in [6.07, 6.45) is 5.45. The van der Waals surface area contributed by atoms with E-state index in [2.05, 4.69) is 12.2 Å². The lowest BCUT2D eigenvalue weighted by atomic mass is 9.80. The van der Waals surface area contributed by atoms with E-state index in [0.29, 0.717) is 6.04 Å². The molecule has 2 N–H and O–H groups in total. The predicted molar refractivity (Wildman–Crippen MR) is 59.8 cm³/mol. The lowest BCUT2D eigenvalue weighted by molar-refractivity contribution is -0.0358. The molecule has 1 atom stereocenters. The largest absolute Gasteiger partial charge is 0.389 e. The van der Waals surface area contributed by atoms with E-state index in [4.69, 9.17) is 4.74 Å². The Kier molecular flexibility index (Phi) is 3.65.